The second kappa shape index (κ2) is 11.2. The van der Waals surface area contributed by atoms with Crippen LogP contribution in [0.2, 0.25) is 0 Å². The van der Waals surface area contributed by atoms with Gasteiger partial charge in [-0.25, -0.2) is 9.97 Å². The Kier molecular flexibility index (Phi) is 6.42. The summed E-state index contributed by atoms with van der Waals surface area (Å²) in [4.78, 5) is 10.8. The van der Waals surface area contributed by atoms with Crippen LogP contribution in [0, 0.1) is 0 Å². The van der Waals surface area contributed by atoms with E-state index in [0.717, 1.165) is 33.9 Å². The lowest BCUT2D eigenvalue weighted by Crippen LogP contribution is -2.40. The lowest BCUT2D eigenvalue weighted by Gasteiger charge is -2.46. The molecule has 53 heavy (non-hydrogen) atoms. The van der Waals surface area contributed by atoms with Crippen LogP contribution in [0.25, 0.3) is 65.2 Å². The molecule has 0 saturated heterocycles. The number of hydrogen-bond donors (Lipinski definition) is 0. The highest BCUT2D eigenvalue weighted by molar-refractivity contribution is 7.25. The summed E-state index contributed by atoms with van der Waals surface area (Å²) in [5, 5.41) is 2.58. The Bertz CT molecular complexity index is 2880. The molecule has 2 aliphatic carbocycles. The van der Waals surface area contributed by atoms with Gasteiger partial charge in [0.1, 0.15) is 0 Å². The van der Waals surface area contributed by atoms with Crippen molar-refractivity contribution in [2.24, 2.45) is 0 Å². The highest BCUT2D eigenvalue weighted by Gasteiger charge is 2.53. The number of nitrogens with zero attached hydrogens (tertiary/aromatic N) is 2. The van der Waals surface area contributed by atoms with E-state index >= 15 is 0 Å². The minimum atomic E-state index is -0.475. The molecule has 0 amide bonds. The molecule has 0 fully saturated rings. The lowest BCUT2D eigenvalue weighted by molar-refractivity contribution is 0.563. The first-order valence-electron chi connectivity index (χ1n) is 18.3. The number of rotatable bonds is 3. The summed E-state index contributed by atoms with van der Waals surface area (Å²) in [6, 6.07) is 62.1. The van der Waals surface area contributed by atoms with Crippen LogP contribution in [0.4, 0.5) is 0 Å². The molecule has 1 spiro atoms. The molecular weight excluding hydrogens is 661 g/mol. The predicted molar refractivity (Wildman–Crippen MR) is 221 cm³/mol. The number of benzene rings is 7. The van der Waals surface area contributed by atoms with Gasteiger partial charge in [-0.05, 0) is 62.7 Å². The average Bonchev–Trinajstić information content (AvgIpc) is 3.74. The molecule has 250 valence electrons. The van der Waals surface area contributed by atoms with E-state index in [1.54, 1.807) is 0 Å². The zero-order chi connectivity index (χ0) is 35.3. The van der Waals surface area contributed by atoms with Gasteiger partial charge >= 0.3 is 0 Å². The van der Waals surface area contributed by atoms with Crippen LogP contribution < -0.4 is 0 Å². The van der Waals surface area contributed by atoms with Gasteiger partial charge in [0.15, 0.2) is 5.82 Å². The van der Waals surface area contributed by atoms with E-state index in [1.807, 2.05) is 11.3 Å². The SMILES string of the molecule is CC1(C)c2ccccc2C2(c3ccccc3-c3c(-c4nc(-c5ccccc5)cc(-c5ccc6c(c5)sc5ccccc56)n4)cccc32)c2ccccc21. The van der Waals surface area contributed by atoms with E-state index in [-0.39, 0.29) is 5.41 Å². The van der Waals surface area contributed by atoms with Gasteiger partial charge in [-0.15, -0.1) is 11.3 Å². The van der Waals surface area contributed by atoms with Crippen molar-refractivity contribution in [2.45, 2.75) is 24.7 Å². The first-order chi connectivity index (χ1) is 26.0. The molecule has 2 heterocycles. The van der Waals surface area contributed by atoms with Gasteiger partial charge in [0.25, 0.3) is 0 Å². The third kappa shape index (κ3) is 4.20. The molecule has 2 aromatic heterocycles. The Hall–Kier alpha value is -6.16. The summed E-state index contributed by atoms with van der Waals surface area (Å²) in [5.41, 5.74) is 14.9. The zero-order valence-corrected chi connectivity index (χ0v) is 30.3. The minimum Gasteiger partial charge on any atom is -0.228 e. The van der Waals surface area contributed by atoms with Crippen molar-refractivity contribution >= 4 is 31.5 Å². The standard InChI is InChI=1S/C50H34N2S/c1-49(2)38-21-9-11-23-40(38)50(41-24-12-10-22-39(41)49)37-20-8-6-18-35(37)47-36(19-14-25-42(47)50)48-51-43(31-15-4-3-5-16-31)30-44(52-48)32-27-28-34-33-17-7-13-26-45(33)53-46(34)29-32/h3-30H,1-2H3. The second-order valence-corrected chi connectivity index (χ2v) is 16.0. The summed E-state index contributed by atoms with van der Waals surface area (Å²) in [6.07, 6.45) is 0. The first kappa shape index (κ1) is 30.5. The number of thiophene rings is 1. The van der Waals surface area contributed by atoms with Crippen molar-refractivity contribution in [1.29, 1.82) is 0 Å². The van der Waals surface area contributed by atoms with Crippen molar-refractivity contribution in [3.05, 3.63) is 203 Å². The Morgan fingerprint density at radius 1 is 0.415 bits per heavy atom. The first-order valence-corrected chi connectivity index (χ1v) is 19.1. The largest absolute Gasteiger partial charge is 0.228 e. The Morgan fingerprint density at radius 3 is 1.74 bits per heavy atom. The maximum atomic E-state index is 5.45. The third-order valence-corrected chi connectivity index (χ3v) is 12.9. The monoisotopic (exact) mass is 694 g/mol. The Morgan fingerprint density at radius 2 is 0.981 bits per heavy atom. The molecule has 0 unspecified atom stereocenters. The van der Waals surface area contributed by atoms with E-state index < -0.39 is 5.41 Å². The second-order valence-electron chi connectivity index (χ2n) is 14.9. The zero-order valence-electron chi connectivity index (χ0n) is 29.5. The molecule has 0 atom stereocenters. The minimum absolute atomic E-state index is 0.148. The normalized spacial score (nSPS) is 14.5. The van der Waals surface area contributed by atoms with Gasteiger partial charge < -0.3 is 0 Å². The Labute approximate surface area is 313 Å². The van der Waals surface area contributed by atoms with Gasteiger partial charge in [0.05, 0.1) is 16.8 Å². The predicted octanol–water partition coefficient (Wildman–Crippen LogP) is 12.8. The molecule has 0 bridgehead atoms. The van der Waals surface area contributed by atoms with E-state index in [0.29, 0.717) is 0 Å². The smallest absolute Gasteiger partial charge is 0.161 e. The van der Waals surface area contributed by atoms with Crippen molar-refractivity contribution in [3.63, 3.8) is 0 Å². The summed E-state index contributed by atoms with van der Waals surface area (Å²) in [6.45, 7) is 4.74. The quantitative estimate of drug-likeness (QED) is 0.184. The number of aromatic nitrogens is 2. The highest BCUT2D eigenvalue weighted by atomic mass is 32.1. The van der Waals surface area contributed by atoms with E-state index in [1.165, 1.54) is 64.7 Å². The van der Waals surface area contributed by atoms with Crippen molar-refractivity contribution in [2.75, 3.05) is 0 Å². The van der Waals surface area contributed by atoms with Gasteiger partial charge in [-0.1, -0.05) is 166 Å². The van der Waals surface area contributed by atoms with E-state index in [2.05, 4.69) is 184 Å². The van der Waals surface area contributed by atoms with E-state index in [9.17, 15) is 0 Å². The number of hydrogen-bond acceptors (Lipinski definition) is 3. The fourth-order valence-electron chi connectivity index (χ4n) is 9.45. The van der Waals surface area contributed by atoms with Crippen molar-refractivity contribution in [1.82, 2.24) is 9.97 Å². The molecule has 2 nitrogen and oxygen atoms in total. The van der Waals surface area contributed by atoms with Crippen LogP contribution >= 0.6 is 11.3 Å². The third-order valence-electron chi connectivity index (χ3n) is 11.8. The van der Waals surface area contributed by atoms with Crippen LogP contribution in [0.1, 0.15) is 47.2 Å². The lowest BCUT2D eigenvalue weighted by atomic mass is 9.55. The van der Waals surface area contributed by atoms with Crippen LogP contribution in [0.15, 0.2) is 170 Å². The van der Waals surface area contributed by atoms with Gasteiger partial charge in [0.2, 0.25) is 0 Å². The molecule has 0 radical (unpaired) electrons. The van der Waals surface area contributed by atoms with Crippen molar-refractivity contribution < 1.29 is 0 Å². The molecule has 11 rings (SSSR count). The topological polar surface area (TPSA) is 25.8 Å². The molecule has 2 aliphatic rings. The molecule has 0 saturated carbocycles. The van der Waals surface area contributed by atoms with Crippen LogP contribution in [0.5, 0.6) is 0 Å². The summed E-state index contributed by atoms with van der Waals surface area (Å²) < 4.78 is 2.56. The maximum Gasteiger partial charge on any atom is 0.161 e. The fourth-order valence-corrected chi connectivity index (χ4v) is 10.6. The van der Waals surface area contributed by atoms with Gasteiger partial charge in [0, 0.05) is 42.3 Å². The fraction of sp³-hybridized carbons (Fsp3) is 0.0800. The van der Waals surface area contributed by atoms with Crippen LogP contribution in [-0.2, 0) is 10.8 Å². The number of fused-ring (bicyclic) bond motifs is 12. The van der Waals surface area contributed by atoms with Gasteiger partial charge in [-0.3, -0.25) is 0 Å². The summed E-state index contributed by atoms with van der Waals surface area (Å²) in [5.74, 6) is 0.735. The van der Waals surface area contributed by atoms with Gasteiger partial charge in [-0.2, -0.15) is 0 Å². The van der Waals surface area contributed by atoms with E-state index in [4.69, 9.17) is 9.97 Å². The molecular formula is C50H34N2S. The van der Waals surface area contributed by atoms with Crippen LogP contribution in [-0.4, -0.2) is 9.97 Å². The average molecular weight is 695 g/mol. The Balaban J connectivity index is 1.20. The maximum absolute atomic E-state index is 5.45. The molecule has 3 heteroatoms. The molecule has 9 aromatic rings. The molecule has 7 aromatic carbocycles. The summed E-state index contributed by atoms with van der Waals surface area (Å²) >= 11 is 1.84. The van der Waals surface area contributed by atoms with Crippen molar-refractivity contribution in [3.8, 4) is 45.0 Å². The highest BCUT2D eigenvalue weighted by Crippen LogP contribution is 2.63. The molecule has 0 aliphatic heterocycles. The molecule has 0 N–H and O–H groups in total. The van der Waals surface area contributed by atoms with Crippen LogP contribution in [0.3, 0.4) is 0 Å². The summed E-state index contributed by atoms with van der Waals surface area (Å²) in [7, 11) is 0.